The molecule has 1 amide bonds. The van der Waals surface area contributed by atoms with Crippen molar-refractivity contribution in [1.82, 2.24) is 15.2 Å². The minimum Gasteiger partial charge on any atom is -0.507 e. The zero-order valence-corrected chi connectivity index (χ0v) is 18.9. The summed E-state index contributed by atoms with van der Waals surface area (Å²) in [5, 5.41) is 15.3. The van der Waals surface area contributed by atoms with E-state index in [4.69, 9.17) is 0 Å². The molecule has 31 heavy (non-hydrogen) atoms. The number of nitrogens with zero attached hydrogens (tertiary/aromatic N) is 2. The van der Waals surface area contributed by atoms with Crippen molar-refractivity contribution in [2.75, 3.05) is 13.1 Å². The van der Waals surface area contributed by atoms with Gasteiger partial charge in [0.1, 0.15) is 5.75 Å². The smallest absolute Gasteiger partial charge is 0.261 e. The molecule has 2 aromatic heterocycles. The molecule has 0 radical (unpaired) electrons. The fourth-order valence-electron chi connectivity index (χ4n) is 4.52. The maximum atomic E-state index is 12.8. The molecule has 1 aromatic carbocycles. The molecule has 4 rings (SSSR count). The van der Waals surface area contributed by atoms with Gasteiger partial charge in [-0.05, 0) is 79.4 Å². The molecule has 2 N–H and O–H groups in total. The van der Waals surface area contributed by atoms with E-state index in [1.165, 1.54) is 16.9 Å². The summed E-state index contributed by atoms with van der Waals surface area (Å²) in [5.74, 6) is 0.631. The van der Waals surface area contributed by atoms with Crippen molar-refractivity contribution in [2.45, 2.75) is 39.3 Å². The third-order valence-electron chi connectivity index (χ3n) is 6.01. The van der Waals surface area contributed by atoms with Crippen LogP contribution in [0.25, 0.3) is 0 Å². The van der Waals surface area contributed by atoms with Gasteiger partial charge in [0, 0.05) is 19.3 Å². The molecule has 1 saturated heterocycles. The first-order chi connectivity index (χ1) is 15.0. The van der Waals surface area contributed by atoms with E-state index in [1.54, 1.807) is 6.20 Å². The fraction of sp³-hybridized carbons (Fsp3) is 0.360. The molecule has 0 bridgehead atoms. The number of aryl methyl sites for hydroxylation is 2. The third-order valence-corrected chi connectivity index (χ3v) is 6.88. The minimum atomic E-state index is -0.123. The summed E-state index contributed by atoms with van der Waals surface area (Å²) in [7, 11) is 0. The molecular formula is C25H29N3O2S. The second-order valence-electron chi connectivity index (χ2n) is 8.40. The van der Waals surface area contributed by atoms with Crippen molar-refractivity contribution in [3.63, 3.8) is 0 Å². The molecule has 1 fully saturated rings. The van der Waals surface area contributed by atoms with Gasteiger partial charge >= 0.3 is 0 Å². The first kappa shape index (κ1) is 21.5. The normalized spacial score (nSPS) is 17.9. The topological polar surface area (TPSA) is 65.5 Å². The lowest BCUT2D eigenvalue weighted by molar-refractivity contribution is 0.0879. The van der Waals surface area contributed by atoms with Crippen LogP contribution in [0.4, 0.5) is 0 Å². The van der Waals surface area contributed by atoms with Crippen molar-refractivity contribution in [1.29, 1.82) is 0 Å². The van der Waals surface area contributed by atoms with Crippen molar-refractivity contribution < 1.29 is 9.90 Å². The number of carbonyl (C=O) groups is 1. The highest BCUT2D eigenvalue weighted by Gasteiger charge is 2.31. The first-order valence-corrected chi connectivity index (χ1v) is 11.7. The van der Waals surface area contributed by atoms with Gasteiger partial charge in [0.15, 0.2) is 0 Å². The Hall–Kier alpha value is -2.70. The number of aromatic nitrogens is 1. The van der Waals surface area contributed by atoms with Gasteiger partial charge in [-0.3, -0.25) is 14.7 Å². The number of nitrogens with one attached hydrogen (secondary N) is 1. The Kier molecular flexibility index (Phi) is 6.68. The van der Waals surface area contributed by atoms with Crippen LogP contribution >= 0.6 is 11.3 Å². The van der Waals surface area contributed by atoms with E-state index in [0.29, 0.717) is 5.75 Å². The second kappa shape index (κ2) is 9.62. The highest BCUT2D eigenvalue weighted by atomic mass is 32.1. The van der Waals surface area contributed by atoms with Crippen LogP contribution in [-0.2, 0) is 6.54 Å². The van der Waals surface area contributed by atoms with Crippen LogP contribution in [0.2, 0.25) is 0 Å². The maximum absolute atomic E-state index is 12.8. The van der Waals surface area contributed by atoms with E-state index in [9.17, 15) is 9.90 Å². The Morgan fingerprint density at radius 2 is 2.06 bits per heavy atom. The van der Waals surface area contributed by atoms with Gasteiger partial charge in [-0.1, -0.05) is 24.3 Å². The van der Waals surface area contributed by atoms with Crippen LogP contribution in [0.3, 0.4) is 0 Å². The Morgan fingerprint density at radius 1 is 1.26 bits per heavy atom. The molecule has 0 spiro atoms. The van der Waals surface area contributed by atoms with E-state index >= 15 is 0 Å². The molecule has 3 heterocycles. The zero-order chi connectivity index (χ0) is 21.8. The largest absolute Gasteiger partial charge is 0.507 e. The van der Waals surface area contributed by atoms with Gasteiger partial charge in [0.05, 0.1) is 16.6 Å². The van der Waals surface area contributed by atoms with Crippen LogP contribution in [0, 0.1) is 19.8 Å². The average molecular weight is 436 g/mol. The highest BCUT2D eigenvalue weighted by Crippen LogP contribution is 2.31. The Balaban J connectivity index is 1.52. The average Bonchev–Trinajstić information content (AvgIpc) is 3.31. The molecule has 6 heteroatoms. The summed E-state index contributed by atoms with van der Waals surface area (Å²) in [5.41, 5.74) is 3.96. The quantitative estimate of drug-likeness (QED) is 0.581. The van der Waals surface area contributed by atoms with E-state index in [2.05, 4.69) is 27.3 Å². The predicted molar refractivity (Wildman–Crippen MR) is 124 cm³/mol. The number of likely N-dealkylation sites (tertiary alicyclic amines) is 1. The third kappa shape index (κ3) is 5.14. The number of rotatable bonds is 6. The number of amides is 1. The van der Waals surface area contributed by atoms with E-state index in [-0.39, 0.29) is 17.9 Å². The zero-order valence-electron chi connectivity index (χ0n) is 18.0. The Bertz CT molecular complexity index is 998. The summed E-state index contributed by atoms with van der Waals surface area (Å²) in [6, 6.07) is 13.7. The molecule has 5 nitrogen and oxygen atoms in total. The number of hydrogen-bond acceptors (Lipinski definition) is 5. The van der Waals surface area contributed by atoms with Crippen LogP contribution in [0.5, 0.6) is 5.75 Å². The number of aromatic hydroxyl groups is 1. The number of piperidine rings is 1. The van der Waals surface area contributed by atoms with Crippen LogP contribution in [-0.4, -0.2) is 34.0 Å². The first-order valence-electron chi connectivity index (χ1n) is 10.8. The molecule has 162 valence electrons. The molecule has 1 aliphatic rings. The van der Waals surface area contributed by atoms with Crippen molar-refractivity contribution in [2.24, 2.45) is 5.92 Å². The molecule has 0 unspecified atom stereocenters. The fourth-order valence-corrected chi connectivity index (χ4v) is 5.14. The van der Waals surface area contributed by atoms with Gasteiger partial charge in [0.2, 0.25) is 0 Å². The highest BCUT2D eigenvalue weighted by molar-refractivity contribution is 7.12. The van der Waals surface area contributed by atoms with Crippen molar-refractivity contribution >= 4 is 17.2 Å². The number of carbonyl (C=O) groups excluding carboxylic acids is 1. The van der Waals surface area contributed by atoms with Gasteiger partial charge < -0.3 is 10.4 Å². The molecule has 0 saturated carbocycles. The SMILES string of the molecule is Cc1cc(CN2CCC[C@@H]([C@H](NC(=O)c3cccs3)c3ccccn3)C2)cc(C)c1O. The molecule has 0 aliphatic carbocycles. The lowest BCUT2D eigenvalue weighted by Crippen LogP contribution is -2.43. The van der Waals surface area contributed by atoms with Crippen LogP contribution in [0.15, 0.2) is 54.0 Å². The van der Waals surface area contributed by atoms with Crippen LogP contribution < -0.4 is 5.32 Å². The minimum absolute atomic E-state index is 0.0347. The summed E-state index contributed by atoms with van der Waals surface area (Å²) < 4.78 is 0. The second-order valence-corrected chi connectivity index (χ2v) is 9.35. The van der Waals surface area contributed by atoms with E-state index in [1.807, 2.05) is 49.6 Å². The summed E-state index contributed by atoms with van der Waals surface area (Å²) in [6.07, 6.45) is 3.93. The number of hydrogen-bond donors (Lipinski definition) is 2. The lowest BCUT2D eigenvalue weighted by Gasteiger charge is -2.37. The van der Waals surface area contributed by atoms with Gasteiger partial charge in [-0.15, -0.1) is 11.3 Å². The van der Waals surface area contributed by atoms with E-state index < -0.39 is 0 Å². The number of phenolic OH excluding ortho intramolecular Hbond substituents is 1. The molecule has 1 aliphatic heterocycles. The van der Waals surface area contributed by atoms with Gasteiger partial charge in [-0.25, -0.2) is 0 Å². The molecular weight excluding hydrogens is 406 g/mol. The number of benzene rings is 1. The maximum Gasteiger partial charge on any atom is 0.261 e. The number of thiophene rings is 1. The standard InChI is InChI=1S/C25H29N3O2S/c1-17-13-19(14-18(2)24(17)29)15-28-11-5-7-20(16-28)23(21-8-3-4-10-26-21)27-25(30)22-9-6-12-31-22/h3-4,6,8-10,12-14,20,23,29H,5,7,11,15-16H2,1-2H3,(H,27,30)/t20-,23+/m1/s1. The molecule has 3 aromatic rings. The molecule has 2 atom stereocenters. The Labute approximate surface area is 187 Å². The summed E-state index contributed by atoms with van der Waals surface area (Å²) >= 11 is 1.46. The summed E-state index contributed by atoms with van der Waals surface area (Å²) in [6.45, 7) is 6.66. The Morgan fingerprint density at radius 3 is 2.74 bits per heavy atom. The van der Waals surface area contributed by atoms with Crippen molar-refractivity contribution in [3.05, 3.63) is 81.3 Å². The predicted octanol–water partition coefficient (Wildman–Crippen LogP) is 4.85. The van der Waals surface area contributed by atoms with Gasteiger partial charge in [-0.2, -0.15) is 0 Å². The lowest BCUT2D eigenvalue weighted by atomic mass is 9.88. The number of phenols is 1. The van der Waals surface area contributed by atoms with Crippen molar-refractivity contribution in [3.8, 4) is 5.75 Å². The summed E-state index contributed by atoms with van der Waals surface area (Å²) in [4.78, 5) is 20.6. The van der Waals surface area contributed by atoms with Gasteiger partial charge in [0.25, 0.3) is 5.91 Å². The van der Waals surface area contributed by atoms with Crippen LogP contribution in [0.1, 0.15) is 50.9 Å². The van der Waals surface area contributed by atoms with E-state index in [0.717, 1.165) is 54.2 Å². The monoisotopic (exact) mass is 435 g/mol. The number of pyridine rings is 1.